The maximum absolute atomic E-state index is 12.3. The topological polar surface area (TPSA) is 38.0 Å². The third-order valence-electron chi connectivity index (χ3n) is 1.55. The molecule has 0 aliphatic carbocycles. The number of rotatable bonds is 5. The lowest BCUT2D eigenvalue weighted by Crippen LogP contribution is -2.45. The summed E-state index contributed by atoms with van der Waals surface area (Å²) in [7, 11) is 0. The first-order chi connectivity index (χ1) is 6.17. The van der Waals surface area contributed by atoms with Gasteiger partial charge < -0.3 is 0 Å². The maximum Gasteiger partial charge on any atom is 0.389 e. The van der Waals surface area contributed by atoms with E-state index in [0.29, 0.717) is 0 Å². The van der Waals surface area contributed by atoms with Crippen LogP contribution in [0.15, 0.2) is 0 Å². The molecular weight excluding hydrogens is 231 g/mol. The van der Waals surface area contributed by atoms with Gasteiger partial charge in [0.2, 0.25) is 0 Å². The van der Waals surface area contributed by atoms with Gasteiger partial charge in [-0.2, -0.15) is 22.0 Å². The average Bonchev–Trinajstić information content (AvgIpc) is 1.93. The number of alkyl halides is 6. The van der Waals surface area contributed by atoms with Crippen molar-refractivity contribution in [3.05, 3.63) is 0 Å². The van der Waals surface area contributed by atoms with Gasteiger partial charge >= 0.3 is 11.6 Å². The van der Waals surface area contributed by atoms with Crippen LogP contribution in [-0.2, 0) is 0 Å². The second kappa shape index (κ2) is 5.09. The van der Waals surface area contributed by atoms with Gasteiger partial charge in [-0.3, -0.25) is 5.84 Å². The van der Waals surface area contributed by atoms with E-state index in [0.717, 1.165) is 0 Å². The van der Waals surface area contributed by atoms with Crippen molar-refractivity contribution in [1.82, 2.24) is 5.43 Å². The lowest BCUT2D eigenvalue weighted by atomic mass is 10.1. The van der Waals surface area contributed by atoms with Crippen molar-refractivity contribution in [2.24, 2.45) is 5.84 Å². The number of hydrogen-bond acceptors (Lipinski definition) is 2. The lowest BCUT2D eigenvalue weighted by Gasteiger charge is -2.20. The third-order valence-corrected chi connectivity index (χ3v) is 1.81. The summed E-state index contributed by atoms with van der Waals surface area (Å²) in [5, 5.41) is -3.64. The van der Waals surface area contributed by atoms with Crippen molar-refractivity contribution in [3.8, 4) is 0 Å². The van der Waals surface area contributed by atoms with Crippen LogP contribution < -0.4 is 11.3 Å². The van der Waals surface area contributed by atoms with Crippen molar-refractivity contribution in [3.63, 3.8) is 0 Å². The highest BCUT2D eigenvalue weighted by Gasteiger charge is 2.37. The number of nitrogens with one attached hydrogen (secondary N) is 1. The van der Waals surface area contributed by atoms with E-state index in [1.807, 2.05) is 0 Å². The van der Waals surface area contributed by atoms with Gasteiger partial charge in [-0.05, 0) is 24.4 Å². The highest BCUT2D eigenvalue weighted by molar-refractivity contribution is 6.22. The molecule has 0 radical (unpaired) electrons. The quantitative estimate of drug-likeness (QED) is 0.335. The molecule has 0 saturated heterocycles. The average molecular weight is 241 g/mol. The van der Waals surface area contributed by atoms with Crippen LogP contribution >= 0.6 is 11.6 Å². The van der Waals surface area contributed by atoms with E-state index < -0.39 is 36.9 Å². The summed E-state index contributed by atoms with van der Waals surface area (Å²) >= 11 is 4.59. The van der Waals surface area contributed by atoms with Crippen molar-refractivity contribution in [1.29, 1.82) is 0 Å². The van der Waals surface area contributed by atoms with Crippen LogP contribution in [0.1, 0.15) is 19.3 Å². The number of hydrogen-bond donors (Lipinski definition) is 2. The van der Waals surface area contributed by atoms with E-state index in [9.17, 15) is 22.0 Å². The first kappa shape index (κ1) is 13.9. The minimum Gasteiger partial charge on any atom is -0.271 e. The summed E-state index contributed by atoms with van der Waals surface area (Å²) < 4.78 is 59.6. The van der Waals surface area contributed by atoms with Gasteiger partial charge in [-0.15, -0.1) is 0 Å². The standard InChI is InChI=1S/C6H10ClF5N2/c7-6(11,12)4(14-13)2-1-3-5(8,9)10/h4,14H,1-3,13H2. The van der Waals surface area contributed by atoms with E-state index in [1.165, 1.54) is 0 Å². The van der Waals surface area contributed by atoms with Crippen LogP contribution in [0.4, 0.5) is 22.0 Å². The van der Waals surface area contributed by atoms with Crippen LogP contribution in [0.5, 0.6) is 0 Å². The molecule has 0 aliphatic heterocycles. The van der Waals surface area contributed by atoms with Crippen molar-refractivity contribution in [2.75, 3.05) is 0 Å². The van der Waals surface area contributed by atoms with Crippen LogP contribution in [0, 0.1) is 0 Å². The van der Waals surface area contributed by atoms with Crippen LogP contribution in [0.25, 0.3) is 0 Å². The Morgan fingerprint density at radius 2 is 1.71 bits per heavy atom. The zero-order valence-electron chi connectivity index (χ0n) is 7.04. The normalized spacial score (nSPS) is 15.6. The zero-order valence-corrected chi connectivity index (χ0v) is 7.80. The Hall–Kier alpha value is -0.140. The van der Waals surface area contributed by atoms with E-state index in [-0.39, 0.29) is 0 Å². The van der Waals surface area contributed by atoms with Gasteiger partial charge in [0.15, 0.2) is 0 Å². The first-order valence-corrected chi connectivity index (χ1v) is 4.14. The summed E-state index contributed by atoms with van der Waals surface area (Å²) in [5.41, 5.74) is 1.68. The third kappa shape index (κ3) is 6.33. The van der Waals surface area contributed by atoms with E-state index in [1.54, 1.807) is 5.43 Å². The fourth-order valence-corrected chi connectivity index (χ4v) is 1.02. The minimum absolute atomic E-state index is 0.438. The van der Waals surface area contributed by atoms with Gasteiger partial charge in [0, 0.05) is 6.42 Å². The SMILES string of the molecule is NNC(CCCC(F)(F)F)C(F)(F)Cl. The first-order valence-electron chi connectivity index (χ1n) is 3.76. The Labute approximate surface area is 82.6 Å². The largest absolute Gasteiger partial charge is 0.389 e. The van der Waals surface area contributed by atoms with Crippen LogP contribution in [0.3, 0.4) is 0 Å². The molecule has 3 N–H and O–H groups in total. The van der Waals surface area contributed by atoms with E-state index in [2.05, 4.69) is 11.6 Å². The molecule has 0 fully saturated rings. The van der Waals surface area contributed by atoms with Crippen LogP contribution in [0.2, 0.25) is 0 Å². The molecule has 2 nitrogen and oxygen atoms in total. The Morgan fingerprint density at radius 1 is 1.21 bits per heavy atom. The smallest absolute Gasteiger partial charge is 0.271 e. The molecule has 86 valence electrons. The maximum atomic E-state index is 12.3. The fourth-order valence-electron chi connectivity index (χ4n) is 0.848. The van der Waals surface area contributed by atoms with Crippen molar-refractivity contribution in [2.45, 2.75) is 36.9 Å². The molecule has 0 spiro atoms. The zero-order chi connectivity index (χ0) is 11.4. The molecular formula is C6H10ClF5N2. The summed E-state index contributed by atoms with van der Waals surface area (Å²) in [5.74, 6) is 4.71. The Kier molecular flexibility index (Phi) is 5.03. The predicted molar refractivity (Wildman–Crippen MR) is 41.8 cm³/mol. The molecule has 0 heterocycles. The molecule has 0 rings (SSSR count). The lowest BCUT2D eigenvalue weighted by molar-refractivity contribution is -0.136. The molecule has 8 heteroatoms. The monoisotopic (exact) mass is 240 g/mol. The Balaban J connectivity index is 3.87. The number of halogens is 6. The van der Waals surface area contributed by atoms with Gasteiger partial charge in [-0.25, -0.2) is 5.43 Å². The number of nitrogens with two attached hydrogens (primary N) is 1. The van der Waals surface area contributed by atoms with Gasteiger partial charge in [0.05, 0.1) is 6.04 Å². The highest BCUT2D eigenvalue weighted by Crippen LogP contribution is 2.28. The fraction of sp³-hybridized carbons (Fsp3) is 1.00. The number of hydrazine groups is 1. The molecule has 1 unspecified atom stereocenters. The predicted octanol–water partition coefficient (Wildman–Crippen LogP) is 2.38. The second-order valence-corrected chi connectivity index (χ2v) is 3.27. The molecule has 0 aromatic heterocycles. The molecule has 0 aromatic rings. The minimum atomic E-state index is -4.35. The van der Waals surface area contributed by atoms with Gasteiger partial charge in [-0.1, -0.05) is 0 Å². The molecule has 0 bridgehead atoms. The van der Waals surface area contributed by atoms with Gasteiger partial charge in [0.25, 0.3) is 0 Å². The summed E-state index contributed by atoms with van der Waals surface area (Å²) in [6.07, 6.45) is -6.36. The molecule has 14 heavy (non-hydrogen) atoms. The van der Waals surface area contributed by atoms with E-state index >= 15 is 0 Å². The molecule has 0 saturated carbocycles. The highest BCUT2D eigenvalue weighted by atomic mass is 35.5. The molecule has 0 amide bonds. The second-order valence-electron chi connectivity index (χ2n) is 2.77. The summed E-state index contributed by atoms with van der Waals surface area (Å²) in [6, 6.07) is -1.65. The van der Waals surface area contributed by atoms with Gasteiger partial charge in [0.1, 0.15) is 0 Å². The molecule has 0 aromatic carbocycles. The Morgan fingerprint density at radius 3 is 2.00 bits per heavy atom. The Bertz CT molecular complexity index is 167. The van der Waals surface area contributed by atoms with Crippen molar-refractivity contribution < 1.29 is 22.0 Å². The molecule has 1 atom stereocenters. The van der Waals surface area contributed by atoms with Crippen molar-refractivity contribution >= 4 is 11.6 Å². The van der Waals surface area contributed by atoms with Crippen LogP contribution in [-0.4, -0.2) is 17.6 Å². The molecule has 0 aliphatic rings. The van der Waals surface area contributed by atoms with E-state index in [4.69, 9.17) is 5.84 Å². The summed E-state index contributed by atoms with van der Waals surface area (Å²) in [6.45, 7) is 0. The summed E-state index contributed by atoms with van der Waals surface area (Å²) in [4.78, 5) is 0.